The number of nitrogens with zero attached hydrogens (tertiary/aromatic N) is 1. The van der Waals surface area contributed by atoms with Crippen LogP contribution in [0.15, 0.2) is 35.2 Å². The molecule has 1 aromatic rings. The van der Waals surface area contributed by atoms with E-state index in [0.717, 1.165) is 0 Å². The Morgan fingerprint density at radius 1 is 1.12 bits per heavy atom. The fourth-order valence-corrected chi connectivity index (χ4v) is 4.50. The fourth-order valence-electron chi connectivity index (χ4n) is 3.29. The van der Waals surface area contributed by atoms with Crippen molar-refractivity contribution in [3.8, 4) is 0 Å². The average molecular weight is 496 g/mol. The predicted molar refractivity (Wildman–Crippen MR) is 126 cm³/mol. The lowest BCUT2D eigenvalue weighted by molar-refractivity contribution is -0.145. The van der Waals surface area contributed by atoms with Gasteiger partial charge >= 0.3 is 5.97 Å². The number of ether oxygens (including phenoxy) is 2. The van der Waals surface area contributed by atoms with E-state index in [2.05, 4.69) is 10.0 Å². The van der Waals surface area contributed by atoms with Crippen molar-refractivity contribution >= 4 is 33.9 Å². The van der Waals surface area contributed by atoms with Crippen molar-refractivity contribution in [3.63, 3.8) is 0 Å². The van der Waals surface area contributed by atoms with E-state index in [-0.39, 0.29) is 16.7 Å². The number of rotatable bonds is 10. The summed E-state index contributed by atoms with van der Waals surface area (Å²) in [6.45, 7) is 7.28. The molecule has 11 heteroatoms. The second-order valence-electron chi connectivity index (χ2n) is 8.40. The van der Waals surface area contributed by atoms with Crippen LogP contribution in [0.1, 0.15) is 32.8 Å². The standard InChI is InChI=1S/C23H33N3O7S/c1-16(2)15-20(23(29)32-4)24-22(28)17(3)25-34(30,31)19-8-5-18(6-9-19)7-10-21(27)26-11-13-33-14-12-26/h5-10,16-17,20,25H,11-15H2,1-4H3,(H,24,28)/b10-7+/t17-,20-/m0/s1. The quantitative estimate of drug-likeness (QED) is 0.365. The molecule has 0 unspecified atom stereocenters. The van der Waals surface area contributed by atoms with Crippen molar-refractivity contribution in [2.45, 2.75) is 44.2 Å². The molecule has 2 N–H and O–H groups in total. The van der Waals surface area contributed by atoms with Crippen LogP contribution in [0, 0.1) is 5.92 Å². The Hall–Kier alpha value is -2.76. The summed E-state index contributed by atoms with van der Waals surface area (Å²) >= 11 is 0. The van der Waals surface area contributed by atoms with Crippen molar-refractivity contribution in [2.24, 2.45) is 5.92 Å². The molecule has 188 valence electrons. The number of amides is 2. The minimum Gasteiger partial charge on any atom is -0.467 e. The Bertz CT molecular complexity index is 984. The molecule has 1 aliphatic heterocycles. The van der Waals surface area contributed by atoms with E-state index in [1.165, 1.54) is 32.2 Å². The predicted octanol–water partition coefficient (Wildman–Crippen LogP) is 0.929. The Morgan fingerprint density at radius 2 is 1.74 bits per heavy atom. The Morgan fingerprint density at radius 3 is 2.29 bits per heavy atom. The summed E-state index contributed by atoms with van der Waals surface area (Å²) in [5, 5.41) is 2.54. The average Bonchev–Trinajstić information content (AvgIpc) is 2.81. The van der Waals surface area contributed by atoms with Gasteiger partial charge in [0.05, 0.1) is 31.3 Å². The lowest BCUT2D eigenvalue weighted by Gasteiger charge is -2.25. The molecule has 1 fully saturated rings. The van der Waals surface area contributed by atoms with E-state index in [4.69, 9.17) is 9.47 Å². The zero-order chi connectivity index (χ0) is 25.3. The molecule has 1 aromatic carbocycles. The molecule has 0 aliphatic carbocycles. The first-order valence-corrected chi connectivity index (χ1v) is 12.6. The maximum Gasteiger partial charge on any atom is 0.328 e. The van der Waals surface area contributed by atoms with E-state index < -0.39 is 34.0 Å². The van der Waals surface area contributed by atoms with Crippen molar-refractivity contribution in [1.82, 2.24) is 14.9 Å². The van der Waals surface area contributed by atoms with Crippen LogP contribution in [0.4, 0.5) is 0 Å². The maximum atomic E-state index is 12.7. The van der Waals surface area contributed by atoms with Crippen LogP contribution < -0.4 is 10.0 Å². The summed E-state index contributed by atoms with van der Waals surface area (Å²) in [5.74, 6) is -1.24. The van der Waals surface area contributed by atoms with Crippen molar-refractivity contribution < 1.29 is 32.3 Å². The monoisotopic (exact) mass is 495 g/mol. The van der Waals surface area contributed by atoms with Crippen LogP contribution in [-0.4, -0.2) is 76.6 Å². The zero-order valence-electron chi connectivity index (χ0n) is 19.9. The number of morpholine rings is 1. The number of benzene rings is 1. The molecule has 34 heavy (non-hydrogen) atoms. The Balaban J connectivity index is 1.99. The van der Waals surface area contributed by atoms with Crippen molar-refractivity contribution in [2.75, 3.05) is 33.4 Å². The SMILES string of the molecule is COC(=O)[C@H](CC(C)C)NC(=O)[C@H](C)NS(=O)(=O)c1ccc(/C=C/C(=O)N2CCOCC2)cc1. The van der Waals surface area contributed by atoms with E-state index >= 15 is 0 Å². The third-order valence-corrected chi connectivity index (χ3v) is 6.72. The number of methoxy groups -OCH3 is 1. The number of hydrogen-bond donors (Lipinski definition) is 2. The van der Waals surface area contributed by atoms with Crippen LogP contribution >= 0.6 is 0 Å². The molecule has 0 bridgehead atoms. The van der Waals surface area contributed by atoms with Gasteiger partial charge in [-0.25, -0.2) is 13.2 Å². The highest BCUT2D eigenvalue weighted by molar-refractivity contribution is 7.89. The molecule has 10 nitrogen and oxygen atoms in total. The van der Waals surface area contributed by atoms with E-state index in [1.807, 2.05) is 13.8 Å². The van der Waals surface area contributed by atoms with E-state index in [1.54, 1.807) is 23.1 Å². The lowest BCUT2D eigenvalue weighted by Crippen LogP contribution is -2.50. The molecule has 2 amide bonds. The van der Waals surface area contributed by atoms with Gasteiger partial charge in [0.1, 0.15) is 6.04 Å². The zero-order valence-corrected chi connectivity index (χ0v) is 20.8. The highest BCUT2D eigenvalue weighted by Gasteiger charge is 2.27. The molecule has 0 radical (unpaired) electrons. The first-order chi connectivity index (χ1) is 16.0. The summed E-state index contributed by atoms with van der Waals surface area (Å²) < 4.78 is 37.7. The van der Waals surface area contributed by atoms with Gasteiger partial charge in [0.2, 0.25) is 21.8 Å². The number of hydrogen-bond acceptors (Lipinski definition) is 7. The molecule has 1 saturated heterocycles. The van der Waals surface area contributed by atoms with Gasteiger partial charge in [-0.3, -0.25) is 9.59 Å². The van der Waals surface area contributed by atoms with Crippen LogP contribution in [0.25, 0.3) is 6.08 Å². The number of carbonyl (C=O) groups excluding carboxylic acids is 3. The molecule has 0 saturated carbocycles. The molecule has 2 rings (SSSR count). The van der Waals surface area contributed by atoms with Gasteiger partial charge in [-0.1, -0.05) is 26.0 Å². The van der Waals surface area contributed by atoms with Gasteiger partial charge in [0.15, 0.2) is 0 Å². The number of sulfonamides is 1. The largest absolute Gasteiger partial charge is 0.467 e. The van der Waals surface area contributed by atoms with Gasteiger partial charge in [-0.15, -0.1) is 0 Å². The van der Waals surface area contributed by atoms with Crippen molar-refractivity contribution in [1.29, 1.82) is 0 Å². The lowest BCUT2D eigenvalue weighted by atomic mass is 10.0. The third kappa shape index (κ3) is 8.23. The summed E-state index contributed by atoms with van der Waals surface area (Å²) in [4.78, 5) is 38.3. The fraction of sp³-hybridized carbons (Fsp3) is 0.522. The van der Waals surface area contributed by atoms with Gasteiger partial charge in [-0.05, 0) is 43.0 Å². The highest BCUT2D eigenvalue weighted by Crippen LogP contribution is 2.13. The third-order valence-electron chi connectivity index (χ3n) is 5.17. The second-order valence-corrected chi connectivity index (χ2v) is 10.1. The topological polar surface area (TPSA) is 131 Å². The molecule has 1 heterocycles. The van der Waals surface area contributed by atoms with Gasteiger partial charge in [-0.2, -0.15) is 4.72 Å². The van der Waals surface area contributed by atoms with Gasteiger partial charge in [0.25, 0.3) is 0 Å². The van der Waals surface area contributed by atoms with Crippen LogP contribution in [0.5, 0.6) is 0 Å². The first-order valence-electron chi connectivity index (χ1n) is 11.1. The molecule has 0 spiro atoms. The van der Waals surface area contributed by atoms with Crippen molar-refractivity contribution in [3.05, 3.63) is 35.9 Å². The molecule has 2 atom stereocenters. The summed E-state index contributed by atoms with van der Waals surface area (Å²) in [6.07, 6.45) is 3.41. The van der Waals surface area contributed by atoms with Gasteiger partial charge < -0.3 is 19.7 Å². The molecule has 1 aliphatic rings. The number of nitrogens with one attached hydrogen (secondary N) is 2. The van der Waals surface area contributed by atoms with Crippen LogP contribution in [0.2, 0.25) is 0 Å². The van der Waals surface area contributed by atoms with E-state index in [9.17, 15) is 22.8 Å². The molecule has 0 aromatic heterocycles. The summed E-state index contributed by atoms with van der Waals surface area (Å²) in [7, 11) is -2.77. The summed E-state index contributed by atoms with van der Waals surface area (Å²) in [6, 6.07) is 3.94. The maximum absolute atomic E-state index is 12.7. The molecular weight excluding hydrogens is 462 g/mol. The van der Waals surface area contributed by atoms with Crippen LogP contribution in [0.3, 0.4) is 0 Å². The minimum atomic E-state index is -3.99. The second kappa shape index (κ2) is 12.6. The Kier molecular flexibility index (Phi) is 10.2. The first kappa shape index (κ1) is 27.5. The van der Waals surface area contributed by atoms with E-state index in [0.29, 0.717) is 38.3 Å². The normalized spacial score (nSPS) is 16.3. The highest BCUT2D eigenvalue weighted by atomic mass is 32.2. The van der Waals surface area contributed by atoms with Crippen LogP contribution in [-0.2, 0) is 33.9 Å². The smallest absolute Gasteiger partial charge is 0.328 e. The summed E-state index contributed by atoms with van der Waals surface area (Å²) in [5.41, 5.74) is 0.654. The van der Waals surface area contributed by atoms with Gasteiger partial charge in [0, 0.05) is 19.2 Å². The number of esters is 1. The minimum absolute atomic E-state index is 0.0319. The Labute approximate surface area is 200 Å². The molecular formula is C23H33N3O7S. The number of carbonyl (C=O) groups is 3.